The quantitative estimate of drug-likeness (QED) is 0.665. The van der Waals surface area contributed by atoms with Gasteiger partial charge in [-0.25, -0.2) is 0 Å². The Morgan fingerprint density at radius 2 is 1.47 bits per heavy atom. The van der Waals surface area contributed by atoms with Gasteiger partial charge < -0.3 is 9.80 Å². The molecule has 0 atom stereocenters. The minimum Gasteiger partial charge on any atom is -0.347 e. The van der Waals surface area contributed by atoms with Crippen LogP contribution in [0.4, 0.5) is 0 Å². The molecule has 0 saturated heterocycles. The molecule has 0 saturated carbocycles. The molecule has 5 heteroatoms. The molecule has 0 rings (SSSR count). The summed E-state index contributed by atoms with van der Waals surface area (Å²) < 4.78 is 0. The molecule has 0 aromatic heterocycles. The van der Waals surface area contributed by atoms with Gasteiger partial charge in [-0.15, -0.1) is 0 Å². The molecule has 0 aromatic carbocycles. The van der Waals surface area contributed by atoms with E-state index in [4.69, 9.17) is 0 Å². The molecule has 0 aliphatic rings. The first kappa shape index (κ1) is 15.9. The van der Waals surface area contributed by atoms with Gasteiger partial charge in [0.25, 0.3) is 0 Å². The van der Waals surface area contributed by atoms with Crippen molar-refractivity contribution in [2.45, 2.75) is 13.8 Å². The van der Waals surface area contributed by atoms with Gasteiger partial charge in [0.05, 0.1) is 13.1 Å². The highest BCUT2D eigenvalue weighted by atomic mass is 16.2. The third-order valence-electron chi connectivity index (χ3n) is 2.38. The Hall–Kier alpha value is -1.10. The van der Waals surface area contributed by atoms with Gasteiger partial charge in [-0.1, -0.05) is 13.8 Å². The van der Waals surface area contributed by atoms with Crippen LogP contribution in [0.5, 0.6) is 0 Å². The maximum absolute atomic E-state index is 11.8. The summed E-state index contributed by atoms with van der Waals surface area (Å²) in [4.78, 5) is 28.2. The van der Waals surface area contributed by atoms with Gasteiger partial charge in [-0.3, -0.25) is 14.5 Å². The molecule has 0 aromatic rings. The minimum atomic E-state index is -0.0626. The topological polar surface area (TPSA) is 43.9 Å². The van der Waals surface area contributed by atoms with E-state index in [1.807, 2.05) is 11.9 Å². The van der Waals surface area contributed by atoms with Crippen LogP contribution < -0.4 is 0 Å². The predicted molar refractivity (Wildman–Crippen MR) is 68.7 cm³/mol. The Balaban J connectivity index is 4.09. The van der Waals surface area contributed by atoms with Gasteiger partial charge in [0.2, 0.25) is 11.8 Å². The summed E-state index contributed by atoms with van der Waals surface area (Å²) in [6.07, 6.45) is 0. The molecule has 0 radical (unpaired) electrons. The first-order chi connectivity index (χ1) is 7.73. The second-order valence-electron chi connectivity index (χ2n) is 5.13. The lowest BCUT2D eigenvalue weighted by Crippen LogP contribution is -2.42. The van der Waals surface area contributed by atoms with E-state index in [9.17, 15) is 9.59 Å². The molecule has 100 valence electrons. The molecule has 0 spiro atoms. The Morgan fingerprint density at radius 3 is 1.88 bits per heavy atom. The van der Waals surface area contributed by atoms with Crippen molar-refractivity contribution in [2.24, 2.45) is 5.92 Å². The highest BCUT2D eigenvalue weighted by Gasteiger charge is 2.15. The molecule has 0 aliphatic heterocycles. The minimum absolute atomic E-state index is 0.0247. The third-order valence-corrected chi connectivity index (χ3v) is 2.38. The largest absolute Gasteiger partial charge is 0.347 e. The molecule has 0 bridgehead atoms. The number of likely N-dealkylation sites (N-methyl/N-ethyl adjacent to an activating group) is 3. The molecule has 17 heavy (non-hydrogen) atoms. The smallest absolute Gasteiger partial charge is 0.241 e. The van der Waals surface area contributed by atoms with E-state index in [2.05, 4.69) is 13.8 Å². The van der Waals surface area contributed by atoms with E-state index >= 15 is 0 Å². The number of nitrogens with zero attached hydrogens (tertiary/aromatic N) is 3. The van der Waals surface area contributed by atoms with Crippen molar-refractivity contribution < 1.29 is 9.59 Å². The van der Waals surface area contributed by atoms with Crippen molar-refractivity contribution >= 4 is 11.8 Å². The molecule has 0 N–H and O–H groups in total. The Labute approximate surface area is 104 Å². The summed E-state index contributed by atoms with van der Waals surface area (Å²) in [7, 11) is 6.95. The van der Waals surface area contributed by atoms with Crippen molar-refractivity contribution in [3.63, 3.8) is 0 Å². The van der Waals surface area contributed by atoms with Crippen LogP contribution in [0.1, 0.15) is 13.8 Å². The lowest BCUT2D eigenvalue weighted by molar-refractivity contribution is -0.138. The number of rotatable bonds is 6. The molecule has 2 amide bonds. The molecule has 5 nitrogen and oxygen atoms in total. The van der Waals surface area contributed by atoms with Crippen LogP contribution in [0.15, 0.2) is 0 Å². The van der Waals surface area contributed by atoms with E-state index in [1.54, 1.807) is 21.1 Å². The fourth-order valence-corrected chi connectivity index (χ4v) is 1.47. The van der Waals surface area contributed by atoms with Crippen molar-refractivity contribution in [3.8, 4) is 0 Å². The Kier molecular flexibility index (Phi) is 6.80. The van der Waals surface area contributed by atoms with Crippen LogP contribution in [-0.4, -0.2) is 74.3 Å². The Morgan fingerprint density at radius 1 is 0.941 bits per heavy atom. The van der Waals surface area contributed by atoms with Crippen molar-refractivity contribution in [1.29, 1.82) is 0 Å². The standard InChI is InChI=1S/C12H25N3O2/c1-10(2)7-14(5)8-12(17)15(6)9-11(16)13(3)4/h10H,7-9H2,1-6H3. The average molecular weight is 243 g/mol. The summed E-state index contributed by atoms with van der Waals surface area (Å²) in [5.74, 6) is 0.442. The van der Waals surface area contributed by atoms with E-state index in [0.29, 0.717) is 12.5 Å². The van der Waals surface area contributed by atoms with E-state index < -0.39 is 0 Å². The molecular formula is C12H25N3O2. The summed E-state index contributed by atoms with van der Waals surface area (Å²) in [6.45, 7) is 5.60. The van der Waals surface area contributed by atoms with Crippen LogP contribution in [-0.2, 0) is 9.59 Å². The van der Waals surface area contributed by atoms with Crippen molar-refractivity contribution in [2.75, 3.05) is 47.8 Å². The lowest BCUT2D eigenvalue weighted by atomic mass is 10.2. The zero-order chi connectivity index (χ0) is 13.6. The van der Waals surface area contributed by atoms with Gasteiger partial charge in [0, 0.05) is 27.7 Å². The maximum Gasteiger partial charge on any atom is 0.241 e. The SMILES string of the molecule is CC(C)CN(C)CC(=O)N(C)CC(=O)N(C)C. The number of hydrogen-bond acceptors (Lipinski definition) is 3. The van der Waals surface area contributed by atoms with Gasteiger partial charge in [-0.2, -0.15) is 0 Å². The summed E-state index contributed by atoms with van der Waals surface area (Å²) in [5.41, 5.74) is 0. The molecule has 0 heterocycles. The molecule has 0 aliphatic carbocycles. The van der Waals surface area contributed by atoms with Gasteiger partial charge in [0.1, 0.15) is 0 Å². The molecular weight excluding hydrogens is 218 g/mol. The van der Waals surface area contributed by atoms with Crippen LogP contribution in [0, 0.1) is 5.92 Å². The first-order valence-corrected chi connectivity index (χ1v) is 5.86. The first-order valence-electron chi connectivity index (χ1n) is 5.86. The van der Waals surface area contributed by atoms with Crippen LogP contribution in [0.3, 0.4) is 0 Å². The fourth-order valence-electron chi connectivity index (χ4n) is 1.47. The van der Waals surface area contributed by atoms with Crippen molar-refractivity contribution in [3.05, 3.63) is 0 Å². The van der Waals surface area contributed by atoms with Crippen LogP contribution in [0.2, 0.25) is 0 Å². The normalized spacial score (nSPS) is 10.8. The summed E-state index contributed by atoms with van der Waals surface area (Å²) >= 11 is 0. The third kappa shape index (κ3) is 6.94. The van der Waals surface area contributed by atoms with E-state index in [1.165, 1.54) is 9.80 Å². The number of amides is 2. The molecule has 0 fully saturated rings. The predicted octanol–water partition coefficient (Wildman–Crippen LogP) is 0.121. The second-order valence-corrected chi connectivity index (χ2v) is 5.13. The number of carbonyl (C=O) groups is 2. The zero-order valence-corrected chi connectivity index (χ0v) is 11.9. The summed E-state index contributed by atoms with van der Waals surface area (Å²) in [5, 5.41) is 0. The highest BCUT2D eigenvalue weighted by Crippen LogP contribution is 1.97. The Bertz CT molecular complexity index is 264. The average Bonchev–Trinajstić information content (AvgIpc) is 2.15. The molecule has 0 unspecified atom stereocenters. The lowest BCUT2D eigenvalue weighted by Gasteiger charge is -2.23. The van der Waals surface area contributed by atoms with Crippen LogP contribution >= 0.6 is 0 Å². The summed E-state index contributed by atoms with van der Waals surface area (Å²) in [6, 6.07) is 0. The fraction of sp³-hybridized carbons (Fsp3) is 0.833. The second kappa shape index (κ2) is 7.27. The zero-order valence-electron chi connectivity index (χ0n) is 11.9. The number of hydrogen-bond donors (Lipinski definition) is 0. The van der Waals surface area contributed by atoms with E-state index in [-0.39, 0.29) is 18.4 Å². The van der Waals surface area contributed by atoms with E-state index in [0.717, 1.165) is 6.54 Å². The monoisotopic (exact) mass is 243 g/mol. The maximum atomic E-state index is 11.8. The number of carbonyl (C=O) groups excluding carboxylic acids is 2. The van der Waals surface area contributed by atoms with Gasteiger partial charge in [0.15, 0.2) is 0 Å². The van der Waals surface area contributed by atoms with Crippen molar-refractivity contribution in [1.82, 2.24) is 14.7 Å². The van der Waals surface area contributed by atoms with Gasteiger partial charge >= 0.3 is 0 Å². The van der Waals surface area contributed by atoms with Crippen LogP contribution in [0.25, 0.3) is 0 Å². The van der Waals surface area contributed by atoms with Gasteiger partial charge in [-0.05, 0) is 13.0 Å². The highest BCUT2D eigenvalue weighted by molar-refractivity contribution is 5.85.